The number of hydrogen-bond acceptors (Lipinski definition) is 4. The lowest BCUT2D eigenvalue weighted by molar-refractivity contribution is -0.384. The largest absolute Gasteiger partial charge is 0.334 e. The Hall–Kier alpha value is -1.92. The predicted octanol–water partition coefficient (Wildman–Crippen LogP) is 4.14. The summed E-state index contributed by atoms with van der Waals surface area (Å²) in [5.41, 5.74) is 0.724. The molecule has 0 saturated heterocycles. The van der Waals surface area contributed by atoms with Crippen LogP contribution in [0.25, 0.3) is 0 Å². The van der Waals surface area contributed by atoms with Gasteiger partial charge >= 0.3 is 0 Å². The van der Waals surface area contributed by atoms with E-state index >= 15 is 0 Å². The van der Waals surface area contributed by atoms with Gasteiger partial charge in [-0.15, -0.1) is 11.3 Å². The van der Waals surface area contributed by atoms with Crippen molar-refractivity contribution in [1.82, 2.24) is 4.90 Å². The van der Waals surface area contributed by atoms with Crippen LogP contribution in [0.2, 0.25) is 4.34 Å². The maximum Gasteiger partial charge on any atom is 0.269 e. The lowest BCUT2D eigenvalue weighted by Gasteiger charge is -2.24. The van der Waals surface area contributed by atoms with Crippen LogP contribution in [0.5, 0.6) is 0 Å². The third-order valence-corrected chi connectivity index (χ3v) is 4.47. The van der Waals surface area contributed by atoms with E-state index in [0.29, 0.717) is 14.8 Å². The summed E-state index contributed by atoms with van der Waals surface area (Å²) in [6, 6.07) is 9.36. The number of thiophene rings is 1. The minimum absolute atomic E-state index is 0.0133. The van der Waals surface area contributed by atoms with Crippen LogP contribution in [0.4, 0.5) is 5.69 Å². The number of nitro benzene ring substituents is 1. The first kappa shape index (κ1) is 15.5. The van der Waals surface area contributed by atoms with Gasteiger partial charge in [0.15, 0.2) is 0 Å². The molecular formula is C14H13ClN2O3S. The van der Waals surface area contributed by atoms with Crippen LogP contribution in [0, 0.1) is 10.1 Å². The zero-order chi connectivity index (χ0) is 15.6. The van der Waals surface area contributed by atoms with Crippen molar-refractivity contribution < 1.29 is 9.72 Å². The highest BCUT2D eigenvalue weighted by Gasteiger charge is 2.21. The van der Waals surface area contributed by atoms with Gasteiger partial charge in [0.2, 0.25) is 0 Å². The SMILES string of the molecule is C[C@H](c1cccc([N+](=O)[O-])c1)N(C)C(=O)c1ccc(Cl)s1. The highest BCUT2D eigenvalue weighted by Crippen LogP contribution is 2.27. The van der Waals surface area contributed by atoms with Gasteiger partial charge in [-0.25, -0.2) is 0 Å². The molecule has 0 aliphatic heterocycles. The van der Waals surface area contributed by atoms with Crippen molar-refractivity contribution in [2.24, 2.45) is 0 Å². The molecule has 1 aromatic heterocycles. The molecule has 0 spiro atoms. The minimum Gasteiger partial charge on any atom is -0.334 e. The normalized spacial score (nSPS) is 12.0. The van der Waals surface area contributed by atoms with Crippen LogP contribution in [0.3, 0.4) is 0 Å². The highest BCUT2D eigenvalue weighted by atomic mass is 35.5. The Morgan fingerprint density at radius 3 is 2.67 bits per heavy atom. The lowest BCUT2D eigenvalue weighted by atomic mass is 10.1. The summed E-state index contributed by atoms with van der Waals surface area (Å²) in [6.45, 7) is 1.83. The molecule has 0 bridgehead atoms. The smallest absolute Gasteiger partial charge is 0.269 e. The van der Waals surface area contributed by atoms with Gasteiger partial charge in [0.1, 0.15) is 0 Å². The van der Waals surface area contributed by atoms with E-state index in [1.54, 1.807) is 36.2 Å². The van der Waals surface area contributed by atoms with Crippen molar-refractivity contribution >= 4 is 34.5 Å². The van der Waals surface area contributed by atoms with Crippen molar-refractivity contribution in [2.45, 2.75) is 13.0 Å². The second-order valence-electron chi connectivity index (χ2n) is 4.55. The van der Waals surface area contributed by atoms with Crippen LogP contribution in [-0.4, -0.2) is 22.8 Å². The maximum absolute atomic E-state index is 12.3. The molecule has 1 heterocycles. The summed E-state index contributed by atoms with van der Waals surface area (Å²) in [4.78, 5) is 24.8. The number of nitro groups is 1. The van der Waals surface area contributed by atoms with Gasteiger partial charge in [0.25, 0.3) is 11.6 Å². The molecule has 0 radical (unpaired) electrons. The van der Waals surface area contributed by atoms with Crippen molar-refractivity contribution in [3.05, 3.63) is 61.3 Å². The average molecular weight is 325 g/mol. The van der Waals surface area contributed by atoms with E-state index in [1.165, 1.54) is 23.5 Å². The number of carbonyl (C=O) groups excluding carboxylic acids is 1. The van der Waals surface area contributed by atoms with E-state index in [-0.39, 0.29) is 17.6 Å². The third kappa shape index (κ3) is 3.40. The molecule has 0 aliphatic rings. The Balaban J connectivity index is 2.22. The molecule has 0 saturated carbocycles. The van der Waals surface area contributed by atoms with Gasteiger partial charge in [0, 0.05) is 19.2 Å². The van der Waals surface area contributed by atoms with E-state index in [2.05, 4.69) is 0 Å². The number of hydrogen-bond donors (Lipinski definition) is 0. The Labute approximate surface area is 130 Å². The summed E-state index contributed by atoms with van der Waals surface area (Å²) < 4.78 is 0.551. The number of carbonyl (C=O) groups is 1. The van der Waals surface area contributed by atoms with Gasteiger partial charge < -0.3 is 4.90 Å². The first-order valence-corrected chi connectivity index (χ1v) is 7.36. The van der Waals surface area contributed by atoms with E-state index in [1.807, 2.05) is 6.92 Å². The third-order valence-electron chi connectivity index (χ3n) is 3.25. The number of amides is 1. The molecule has 2 rings (SSSR count). The van der Waals surface area contributed by atoms with E-state index < -0.39 is 4.92 Å². The molecule has 0 fully saturated rings. The summed E-state index contributed by atoms with van der Waals surface area (Å²) in [5.74, 6) is -0.161. The van der Waals surface area contributed by atoms with E-state index in [4.69, 9.17) is 11.6 Å². The summed E-state index contributed by atoms with van der Waals surface area (Å²) in [7, 11) is 1.67. The fourth-order valence-corrected chi connectivity index (χ4v) is 2.93. The fourth-order valence-electron chi connectivity index (χ4n) is 1.90. The molecule has 2 aromatic rings. The topological polar surface area (TPSA) is 63.5 Å². The van der Waals surface area contributed by atoms with Gasteiger partial charge in [-0.2, -0.15) is 0 Å². The number of nitrogens with zero attached hydrogens (tertiary/aromatic N) is 2. The highest BCUT2D eigenvalue weighted by molar-refractivity contribution is 7.17. The van der Waals surface area contributed by atoms with E-state index in [9.17, 15) is 14.9 Å². The van der Waals surface area contributed by atoms with Crippen molar-refractivity contribution in [3.8, 4) is 0 Å². The zero-order valence-electron chi connectivity index (χ0n) is 11.4. The minimum atomic E-state index is -0.447. The summed E-state index contributed by atoms with van der Waals surface area (Å²) in [6.07, 6.45) is 0. The molecule has 0 aliphatic carbocycles. The monoisotopic (exact) mass is 324 g/mol. The molecule has 0 unspecified atom stereocenters. The number of benzene rings is 1. The molecule has 1 aromatic carbocycles. The standard InChI is InChI=1S/C14H13ClN2O3S/c1-9(10-4-3-5-11(8-10)17(19)20)16(2)14(18)12-6-7-13(15)21-12/h3-9H,1-2H3/t9-/m1/s1. The zero-order valence-corrected chi connectivity index (χ0v) is 13.0. The first-order chi connectivity index (χ1) is 9.90. The van der Waals surface area contributed by atoms with Crippen LogP contribution < -0.4 is 0 Å². The molecule has 21 heavy (non-hydrogen) atoms. The van der Waals surface area contributed by atoms with Crippen LogP contribution in [0.1, 0.15) is 28.2 Å². The molecule has 7 heteroatoms. The molecular weight excluding hydrogens is 312 g/mol. The number of non-ortho nitro benzene ring substituents is 1. The van der Waals surface area contributed by atoms with E-state index in [0.717, 1.165) is 0 Å². The van der Waals surface area contributed by atoms with Crippen LogP contribution >= 0.6 is 22.9 Å². The fraction of sp³-hybridized carbons (Fsp3) is 0.214. The van der Waals surface area contributed by atoms with Gasteiger partial charge in [-0.1, -0.05) is 23.7 Å². The van der Waals surface area contributed by atoms with Gasteiger partial charge in [-0.3, -0.25) is 14.9 Å². The molecule has 5 nitrogen and oxygen atoms in total. The average Bonchev–Trinajstić information content (AvgIpc) is 2.91. The Kier molecular flexibility index (Phi) is 4.59. The Bertz CT molecular complexity index is 686. The summed E-state index contributed by atoms with van der Waals surface area (Å²) >= 11 is 7.04. The second kappa shape index (κ2) is 6.24. The first-order valence-electron chi connectivity index (χ1n) is 6.17. The predicted molar refractivity (Wildman–Crippen MR) is 82.9 cm³/mol. The summed E-state index contributed by atoms with van der Waals surface area (Å²) in [5, 5.41) is 10.8. The van der Waals surface area contributed by atoms with Gasteiger partial charge in [0.05, 0.1) is 20.2 Å². The second-order valence-corrected chi connectivity index (χ2v) is 6.26. The Morgan fingerprint density at radius 2 is 2.10 bits per heavy atom. The van der Waals surface area contributed by atoms with Gasteiger partial charge in [-0.05, 0) is 24.6 Å². The number of halogens is 1. The quantitative estimate of drug-likeness (QED) is 0.627. The van der Waals surface area contributed by atoms with Crippen molar-refractivity contribution in [3.63, 3.8) is 0 Å². The molecule has 0 N–H and O–H groups in total. The Morgan fingerprint density at radius 1 is 1.38 bits per heavy atom. The molecule has 1 atom stereocenters. The molecule has 1 amide bonds. The van der Waals surface area contributed by atoms with Crippen LogP contribution in [-0.2, 0) is 0 Å². The lowest BCUT2D eigenvalue weighted by Crippen LogP contribution is -2.29. The molecule has 110 valence electrons. The van der Waals surface area contributed by atoms with Crippen molar-refractivity contribution in [2.75, 3.05) is 7.05 Å². The van der Waals surface area contributed by atoms with Crippen LogP contribution in [0.15, 0.2) is 36.4 Å². The van der Waals surface area contributed by atoms with Crippen molar-refractivity contribution in [1.29, 1.82) is 0 Å². The number of rotatable bonds is 4. The maximum atomic E-state index is 12.3.